The molecule has 17 heavy (non-hydrogen) atoms. The van der Waals surface area contributed by atoms with Crippen molar-refractivity contribution in [2.45, 2.75) is 19.5 Å². The predicted molar refractivity (Wildman–Crippen MR) is 59.1 cm³/mol. The van der Waals surface area contributed by atoms with E-state index in [0.717, 1.165) is 12.5 Å². The third-order valence-electron chi connectivity index (χ3n) is 2.80. The normalized spacial score (nSPS) is 20.1. The fourth-order valence-corrected chi connectivity index (χ4v) is 2.04. The number of halogens is 2. The summed E-state index contributed by atoms with van der Waals surface area (Å²) in [6, 6.07) is 3.42. The lowest BCUT2D eigenvalue weighted by atomic mass is 10.1. The minimum atomic E-state index is -0.627. The summed E-state index contributed by atoms with van der Waals surface area (Å²) in [5.74, 6) is -1.29. The second-order valence-electron chi connectivity index (χ2n) is 4.04. The Morgan fingerprint density at radius 1 is 1.47 bits per heavy atom. The Morgan fingerprint density at radius 2 is 2.24 bits per heavy atom. The van der Waals surface area contributed by atoms with Gasteiger partial charge >= 0.3 is 0 Å². The molecule has 1 aromatic rings. The fraction of sp³-hybridized carbons (Fsp3) is 0.417. The van der Waals surface area contributed by atoms with Gasteiger partial charge in [0.15, 0.2) is 0 Å². The van der Waals surface area contributed by atoms with E-state index in [1.54, 1.807) is 4.90 Å². The van der Waals surface area contributed by atoms with E-state index < -0.39 is 17.8 Å². The van der Waals surface area contributed by atoms with Crippen molar-refractivity contribution in [2.75, 3.05) is 13.1 Å². The summed E-state index contributed by atoms with van der Waals surface area (Å²) < 4.78 is 26.4. The van der Waals surface area contributed by atoms with Crippen molar-refractivity contribution in [1.29, 1.82) is 0 Å². The Bertz CT molecular complexity index is 437. The standard InChI is InChI=1S/C12H14F2N2O/c1-2-5-16-11(17)7-15-12(16)9-4-3-8(13)6-10(9)14/h3-4,6,12,15H,2,5,7H2,1H3. The lowest BCUT2D eigenvalue weighted by Gasteiger charge is -2.24. The van der Waals surface area contributed by atoms with Gasteiger partial charge in [-0.05, 0) is 18.6 Å². The smallest absolute Gasteiger partial charge is 0.238 e. The van der Waals surface area contributed by atoms with Gasteiger partial charge < -0.3 is 4.90 Å². The van der Waals surface area contributed by atoms with E-state index in [4.69, 9.17) is 0 Å². The zero-order valence-electron chi connectivity index (χ0n) is 9.54. The first-order valence-corrected chi connectivity index (χ1v) is 5.61. The van der Waals surface area contributed by atoms with Crippen LogP contribution in [0, 0.1) is 11.6 Å². The molecular weight excluding hydrogens is 226 g/mol. The van der Waals surface area contributed by atoms with Gasteiger partial charge in [-0.1, -0.05) is 6.92 Å². The number of rotatable bonds is 3. The largest absolute Gasteiger partial charge is 0.322 e. The molecule has 0 saturated carbocycles. The molecule has 1 amide bonds. The number of carbonyl (C=O) groups excluding carboxylic acids is 1. The summed E-state index contributed by atoms with van der Waals surface area (Å²) in [5.41, 5.74) is 0.311. The van der Waals surface area contributed by atoms with Crippen molar-refractivity contribution in [3.05, 3.63) is 35.4 Å². The van der Waals surface area contributed by atoms with E-state index >= 15 is 0 Å². The van der Waals surface area contributed by atoms with Crippen molar-refractivity contribution >= 4 is 5.91 Å². The Labute approximate surface area is 98.4 Å². The van der Waals surface area contributed by atoms with Gasteiger partial charge in [0.1, 0.15) is 17.8 Å². The molecule has 0 aliphatic carbocycles. The molecule has 1 heterocycles. The third-order valence-corrected chi connectivity index (χ3v) is 2.80. The molecule has 0 bridgehead atoms. The first-order chi connectivity index (χ1) is 8.13. The Kier molecular flexibility index (Phi) is 3.38. The highest BCUT2D eigenvalue weighted by Gasteiger charge is 2.32. The molecule has 0 aromatic heterocycles. The fourth-order valence-electron chi connectivity index (χ4n) is 2.04. The maximum atomic E-state index is 13.6. The molecule has 1 aromatic carbocycles. The lowest BCUT2D eigenvalue weighted by Crippen LogP contribution is -2.31. The molecule has 0 spiro atoms. The number of hydrogen-bond acceptors (Lipinski definition) is 2. The van der Waals surface area contributed by atoms with Crippen LogP contribution < -0.4 is 5.32 Å². The monoisotopic (exact) mass is 240 g/mol. The van der Waals surface area contributed by atoms with Crippen molar-refractivity contribution in [1.82, 2.24) is 10.2 Å². The molecule has 5 heteroatoms. The molecule has 1 saturated heterocycles. The van der Waals surface area contributed by atoms with E-state index in [0.29, 0.717) is 12.1 Å². The Hall–Kier alpha value is -1.49. The van der Waals surface area contributed by atoms with Gasteiger partial charge in [-0.15, -0.1) is 0 Å². The predicted octanol–water partition coefficient (Wildman–Crippen LogP) is 1.81. The zero-order chi connectivity index (χ0) is 12.4. The van der Waals surface area contributed by atoms with Crippen molar-refractivity contribution in [3.8, 4) is 0 Å². The number of benzene rings is 1. The van der Waals surface area contributed by atoms with Gasteiger partial charge in [-0.25, -0.2) is 8.78 Å². The summed E-state index contributed by atoms with van der Waals surface area (Å²) in [5, 5.41) is 2.93. The van der Waals surface area contributed by atoms with Gasteiger partial charge in [0.05, 0.1) is 6.54 Å². The molecule has 0 radical (unpaired) electrons. The summed E-state index contributed by atoms with van der Waals surface area (Å²) in [6.45, 7) is 2.71. The van der Waals surface area contributed by atoms with E-state index in [1.165, 1.54) is 12.1 Å². The molecule has 92 valence electrons. The van der Waals surface area contributed by atoms with Crippen LogP contribution in [0.15, 0.2) is 18.2 Å². The molecule has 1 unspecified atom stereocenters. The van der Waals surface area contributed by atoms with Gasteiger partial charge in [0.2, 0.25) is 5.91 Å². The van der Waals surface area contributed by atoms with E-state index in [9.17, 15) is 13.6 Å². The highest BCUT2D eigenvalue weighted by molar-refractivity contribution is 5.80. The minimum Gasteiger partial charge on any atom is -0.322 e. The van der Waals surface area contributed by atoms with Gasteiger partial charge in [0.25, 0.3) is 0 Å². The van der Waals surface area contributed by atoms with Crippen LogP contribution in [0.2, 0.25) is 0 Å². The van der Waals surface area contributed by atoms with Gasteiger partial charge in [-0.2, -0.15) is 0 Å². The highest BCUT2D eigenvalue weighted by Crippen LogP contribution is 2.25. The van der Waals surface area contributed by atoms with Crippen molar-refractivity contribution in [3.63, 3.8) is 0 Å². The quantitative estimate of drug-likeness (QED) is 0.873. The number of nitrogens with one attached hydrogen (secondary N) is 1. The summed E-state index contributed by atoms with van der Waals surface area (Å²) in [6.07, 6.45) is 0.315. The van der Waals surface area contributed by atoms with Crippen molar-refractivity contribution < 1.29 is 13.6 Å². The van der Waals surface area contributed by atoms with Crippen LogP contribution in [0.3, 0.4) is 0 Å². The van der Waals surface area contributed by atoms with Crippen LogP contribution in [0.5, 0.6) is 0 Å². The summed E-state index contributed by atoms with van der Waals surface area (Å²) >= 11 is 0. The Morgan fingerprint density at radius 3 is 2.88 bits per heavy atom. The molecule has 2 rings (SSSR count). The van der Waals surface area contributed by atoms with Gasteiger partial charge in [-0.3, -0.25) is 10.1 Å². The van der Waals surface area contributed by atoms with Crippen LogP contribution >= 0.6 is 0 Å². The summed E-state index contributed by atoms with van der Waals surface area (Å²) in [7, 11) is 0. The maximum absolute atomic E-state index is 13.6. The molecule has 1 atom stereocenters. The Balaban J connectivity index is 2.29. The SMILES string of the molecule is CCCN1C(=O)CNC1c1ccc(F)cc1F. The first kappa shape index (κ1) is 12.0. The number of nitrogens with zero attached hydrogens (tertiary/aromatic N) is 1. The minimum absolute atomic E-state index is 0.0550. The van der Waals surface area contributed by atoms with Crippen LogP contribution in [0.1, 0.15) is 25.1 Å². The molecular formula is C12H14F2N2O. The molecule has 1 fully saturated rings. The maximum Gasteiger partial charge on any atom is 0.238 e. The summed E-state index contributed by atoms with van der Waals surface area (Å²) in [4.78, 5) is 13.2. The first-order valence-electron chi connectivity index (χ1n) is 5.61. The number of hydrogen-bond donors (Lipinski definition) is 1. The average molecular weight is 240 g/mol. The number of carbonyl (C=O) groups is 1. The van der Waals surface area contributed by atoms with Crippen LogP contribution in [0.4, 0.5) is 8.78 Å². The molecule has 1 N–H and O–H groups in total. The van der Waals surface area contributed by atoms with Crippen LogP contribution in [0.25, 0.3) is 0 Å². The van der Waals surface area contributed by atoms with E-state index in [1.807, 2.05) is 6.92 Å². The van der Waals surface area contributed by atoms with E-state index in [2.05, 4.69) is 5.32 Å². The van der Waals surface area contributed by atoms with Gasteiger partial charge in [0, 0.05) is 18.2 Å². The highest BCUT2D eigenvalue weighted by atomic mass is 19.1. The van der Waals surface area contributed by atoms with E-state index in [-0.39, 0.29) is 12.5 Å². The molecule has 1 aliphatic rings. The average Bonchev–Trinajstić information content (AvgIpc) is 2.62. The second-order valence-corrected chi connectivity index (χ2v) is 4.04. The van der Waals surface area contributed by atoms with Crippen molar-refractivity contribution in [2.24, 2.45) is 0 Å². The topological polar surface area (TPSA) is 32.3 Å². The second kappa shape index (κ2) is 4.79. The van der Waals surface area contributed by atoms with Crippen LogP contribution in [-0.4, -0.2) is 23.9 Å². The molecule has 1 aliphatic heterocycles. The van der Waals surface area contributed by atoms with Crippen LogP contribution in [-0.2, 0) is 4.79 Å². The number of amides is 1. The molecule has 3 nitrogen and oxygen atoms in total. The lowest BCUT2D eigenvalue weighted by molar-refractivity contribution is -0.128. The zero-order valence-corrected chi connectivity index (χ0v) is 9.54. The third kappa shape index (κ3) is 2.29.